The fourth-order valence-corrected chi connectivity index (χ4v) is 1.48. The van der Waals surface area contributed by atoms with Crippen molar-refractivity contribution in [2.75, 3.05) is 27.2 Å². The molecule has 0 saturated carbocycles. The van der Waals surface area contributed by atoms with Crippen LogP contribution in [0.3, 0.4) is 0 Å². The Kier molecular flexibility index (Phi) is 1.90. The number of hydrogen-bond acceptors (Lipinski definition) is 4. The molecule has 0 aromatic carbocycles. The van der Waals surface area contributed by atoms with E-state index in [-0.39, 0.29) is 5.54 Å². The third-order valence-electron chi connectivity index (χ3n) is 1.95. The number of likely N-dealkylation sites (N-methyl/N-ethyl adjacent to an activating group) is 1. The molecular formula is C6H11N3S. The van der Waals surface area contributed by atoms with E-state index >= 15 is 0 Å². The average Bonchev–Trinajstić information content (AvgIpc) is 1.79. The van der Waals surface area contributed by atoms with E-state index in [0.717, 1.165) is 13.1 Å². The molecule has 0 N–H and O–H groups in total. The predicted octanol–water partition coefficient (Wildman–Crippen LogP) is -0.0292. The first-order valence-corrected chi connectivity index (χ1v) is 3.53. The number of rotatable bonds is 1. The fourth-order valence-electron chi connectivity index (χ4n) is 1.01. The van der Waals surface area contributed by atoms with Crippen LogP contribution in [0.2, 0.25) is 0 Å². The summed E-state index contributed by atoms with van der Waals surface area (Å²) >= 11 is 4.10. The summed E-state index contributed by atoms with van der Waals surface area (Å²) in [7, 11) is 3.84. The third kappa shape index (κ3) is 1.01. The minimum absolute atomic E-state index is 0.276. The van der Waals surface area contributed by atoms with Crippen molar-refractivity contribution < 1.29 is 0 Å². The normalized spacial score (nSPS) is 23.9. The number of hydrogen-bond donors (Lipinski definition) is 1. The Balaban J connectivity index is 2.59. The van der Waals surface area contributed by atoms with E-state index < -0.39 is 0 Å². The fraction of sp³-hybridized carbons (Fsp3) is 0.833. The van der Waals surface area contributed by atoms with E-state index in [1.54, 1.807) is 0 Å². The molecule has 10 heavy (non-hydrogen) atoms. The maximum Gasteiger partial charge on any atom is 0.136 e. The molecule has 0 spiro atoms. The summed E-state index contributed by atoms with van der Waals surface area (Å²) in [5, 5.41) is 8.77. The molecule has 0 amide bonds. The van der Waals surface area contributed by atoms with Crippen molar-refractivity contribution >= 4 is 12.8 Å². The van der Waals surface area contributed by atoms with Crippen LogP contribution in [0.15, 0.2) is 0 Å². The summed E-state index contributed by atoms with van der Waals surface area (Å²) in [6.07, 6.45) is 0. The highest BCUT2D eigenvalue weighted by Gasteiger charge is 2.44. The molecule has 0 aliphatic carbocycles. The van der Waals surface area contributed by atoms with Gasteiger partial charge in [-0.15, -0.1) is 0 Å². The Morgan fingerprint density at radius 1 is 1.60 bits per heavy atom. The van der Waals surface area contributed by atoms with Gasteiger partial charge in [0.2, 0.25) is 0 Å². The average molecular weight is 157 g/mol. The van der Waals surface area contributed by atoms with Gasteiger partial charge in [-0.05, 0) is 14.1 Å². The van der Waals surface area contributed by atoms with E-state index in [2.05, 4.69) is 18.9 Å². The van der Waals surface area contributed by atoms with Gasteiger partial charge >= 0.3 is 0 Å². The minimum Gasteiger partial charge on any atom is -0.289 e. The van der Waals surface area contributed by atoms with Crippen LogP contribution in [0.4, 0.5) is 0 Å². The van der Waals surface area contributed by atoms with Gasteiger partial charge in [0.15, 0.2) is 0 Å². The number of nitrogens with zero attached hydrogens (tertiary/aromatic N) is 3. The van der Waals surface area contributed by atoms with Crippen LogP contribution >= 0.6 is 12.8 Å². The highest BCUT2D eigenvalue weighted by Crippen LogP contribution is 2.25. The van der Waals surface area contributed by atoms with Crippen LogP contribution in [0.25, 0.3) is 0 Å². The lowest BCUT2D eigenvalue weighted by Crippen LogP contribution is -2.64. The molecule has 1 aliphatic heterocycles. The molecule has 1 fully saturated rings. The molecule has 3 nitrogen and oxygen atoms in total. The Bertz CT molecular complexity index is 166. The second-order valence-corrected chi connectivity index (χ2v) is 3.43. The van der Waals surface area contributed by atoms with Crippen LogP contribution in [0.5, 0.6) is 0 Å². The van der Waals surface area contributed by atoms with Crippen LogP contribution in [0.1, 0.15) is 0 Å². The van der Waals surface area contributed by atoms with Crippen LogP contribution in [-0.4, -0.2) is 41.9 Å². The Morgan fingerprint density at radius 3 is 2.20 bits per heavy atom. The molecule has 4 heteroatoms. The van der Waals surface area contributed by atoms with Crippen molar-refractivity contribution in [2.24, 2.45) is 0 Å². The monoisotopic (exact) mass is 157 g/mol. The van der Waals surface area contributed by atoms with Gasteiger partial charge < -0.3 is 0 Å². The summed E-state index contributed by atoms with van der Waals surface area (Å²) in [6, 6.07) is 2.28. The summed E-state index contributed by atoms with van der Waals surface area (Å²) in [5.74, 6) is 0. The van der Waals surface area contributed by atoms with Crippen molar-refractivity contribution in [1.82, 2.24) is 9.21 Å². The van der Waals surface area contributed by atoms with Gasteiger partial charge in [-0.1, -0.05) is 12.8 Å². The molecule has 0 radical (unpaired) electrons. The molecule has 0 unspecified atom stereocenters. The maximum absolute atomic E-state index is 8.77. The van der Waals surface area contributed by atoms with Gasteiger partial charge in [0.25, 0.3) is 0 Å². The second kappa shape index (κ2) is 2.42. The first-order chi connectivity index (χ1) is 4.60. The molecule has 56 valence electrons. The van der Waals surface area contributed by atoms with Crippen molar-refractivity contribution in [1.29, 1.82) is 5.26 Å². The zero-order valence-corrected chi connectivity index (χ0v) is 7.10. The minimum atomic E-state index is -0.276. The summed E-state index contributed by atoms with van der Waals surface area (Å²) in [5.41, 5.74) is -0.276. The van der Waals surface area contributed by atoms with Crippen LogP contribution in [0, 0.1) is 11.3 Å². The molecule has 0 atom stereocenters. The first-order valence-electron chi connectivity index (χ1n) is 3.13. The summed E-state index contributed by atoms with van der Waals surface area (Å²) in [6.45, 7) is 1.47. The van der Waals surface area contributed by atoms with Crippen LogP contribution in [-0.2, 0) is 0 Å². The molecule has 0 bridgehead atoms. The Labute approximate surface area is 66.8 Å². The molecule has 0 aromatic heterocycles. The van der Waals surface area contributed by atoms with Gasteiger partial charge in [0.1, 0.15) is 5.54 Å². The topological polar surface area (TPSA) is 30.3 Å². The first kappa shape index (κ1) is 7.86. The highest BCUT2D eigenvalue weighted by atomic mass is 32.1. The van der Waals surface area contributed by atoms with Crippen molar-refractivity contribution in [3.05, 3.63) is 0 Å². The zero-order chi connectivity index (χ0) is 7.78. The molecule has 1 heterocycles. The Morgan fingerprint density at radius 2 is 2.10 bits per heavy atom. The Hall–Kier alpha value is -0.240. The lowest BCUT2D eigenvalue weighted by atomic mass is 9.93. The largest absolute Gasteiger partial charge is 0.289 e. The van der Waals surface area contributed by atoms with Gasteiger partial charge in [0.05, 0.1) is 6.07 Å². The SMILES string of the molecule is CN(C)C1(C#N)CN(S)C1. The van der Waals surface area contributed by atoms with Crippen molar-refractivity contribution in [3.8, 4) is 6.07 Å². The smallest absolute Gasteiger partial charge is 0.136 e. The van der Waals surface area contributed by atoms with Gasteiger partial charge in [-0.25, -0.2) is 4.31 Å². The molecule has 0 aromatic rings. The molecular weight excluding hydrogens is 146 g/mol. The second-order valence-electron chi connectivity index (χ2n) is 2.86. The number of thiol groups is 1. The van der Waals surface area contributed by atoms with Gasteiger partial charge in [-0.2, -0.15) is 5.26 Å². The summed E-state index contributed by atoms with van der Waals surface area (Å²) in [4.78, 5) is 1.94. The lowest BCUT2D eigenvalue weighted by molar-refractivity contribution is 0.0809. The molecule has 1 rings (SSSR count). The predicted molar refractivity (Wildman–Crippen MR) is 42.6 cm³/mol. The van der Waals surface area contributed by atoms with Crippen molar-refractivity contribution in [2.45, 2.75) is 5.54 Å². The lowest BCUT2D eigenvalue weighted by Gasteiger charge is -2.46. The molecule has 1 saturated heterocycles. The van der Waals surface area contributed by atoms with E-state index in [0.29, 0.717) is 0 Å². The van der Waals surface area contributed by atoms with E-state index in [9.17, 15) is 0 Å². The van der Waals surface area contributed by atoms with Gasteiger partial charge in [-0.3, -0.25) is 4.90 Å². The number of nitriles is 1. The summed E-state index contributed by atoms with van der Waals surface area (Å²) < 4.78 is 1.84. The molecule has 1 aliphatic rings. The van der Waals surface area contributed by atoms with Gasteiger partial charge in [0, 0.05) is 13.1 Å². The quantitative estimate of drug-likeness (QED) is 0.542. The third-order valence-corrected chi connectivity index (χ3v) is 2.24. The zero-order valence-electron chi connectivity index (χ0n) is 6.20. The highest BCUT2D eigenvalue weighted by molar-refractivity contribution is 7.77. The standard InChI is InChI=1S/C6H11N3S/c1-8(2)6(3-7)4-9(10)5-6/h10H,4-5H2,1-2H3. The van der Waals surface area contributed by atoms with Crippen LogP contribution < -0.4 is 0 Å². The van der Waals surface area contributed by atoms with Crippen molar-refractivity contribution in [3.63, 3.8) is 0 Å². The maximum atomic E-state index is 8.77. The van der Waals surface area contributed by atoms with E-state index in [1.807, 2.05) is 23.3 Å². The van der Waals surface area contributed by atoms with E-state index in [1.165, 1.54) is 0 Å². The van der Waals surface area contributed by atoms with E-state index in [4.69, 9.17) is 5.26 Å².